The van der Waals surface area contributed by atoms with E-state index in [0.717, 1.165) is 63.7 Å². The molecule has 1 aromatic carbocycles. The summed E-state index contributed by atoms with van der Waals surface area (Å²) in [6.07, 6.45) is 2.29. The van der Waals surface area contributed by atoms with Crippen molar-refractivity contribution in [2.45, 2.75) is 25.8 Å². The second kappa shape index (κ2) is 8.35. The van der Waals surface area contributed by atoms with E-state index >= 15 is 0 Å². The molecule has 3 aliphatic rings. The summed E-state index contributed by atoms with van der Waals surface area (Å²) in [5, 5.41) is 4.18. The molecule has 3 N–H and O–H groups in total. The Morgan fingerprint density at radius 3 is 2.63 bits per heavy atom. The average molecular weight is 392 g/mol. The molecule has 2 unspecified atom stereocenters. The molecule has 148 valence electrons. The molecule has 1 aromatic rings. The molecule has 0 aliphatic carbocycles. The Labute approximate surface area is 166 Å². The monoisotopic (exact) mass is 391 g/mol. The highest BCUT2D eigenvalue weighted by Crippen LogP contribution is 2.28. The highest BCUT2D eigenvalue weighted by Gasteiger charge is 2.40. The summed E-state index contributed by atoms with van der Waals surface area (Å²) < 4.78 is 0. The van der Waals surface area contributed by atoms with E-state index in [1.165, 1.54) is 11.3 Å². The van der Waals surface area contributed by atoms with Crippen molar-refractivity contribution in [1.29, 1.82) is 0 Å². The van der Waals surface area contributed by atoms with Gasteiger partial charge in [-0.15, -0.1) is 0 Å². The number of benzene rings is 1. The van der Waals surface area contributed by atoms with Crippen molar-refractivity contribution in [2.24, 2.45) is 11.8 Å². The normalized spacial score (nSPS) is 27.2. The number of hydrazine groups is 1. The molecule has 0 spiro atoms. The van der Waals surface area contributed by atoms with Crippen molar-refractivity contribution in [3.8, 4) is 0 Å². The summed E-state index contributed by atoms with van der Waals surface area (Å²) in [5.74, 6) is 0.927. The van der Waals surface area contributed by atoms with Crippen molar-refractivity contribution in [2.75, 3.05) is 50.7 Å². The Bertz CT molecular complexity index is 670. The molecule has 3 fully saturated rings. The third-order valence-electron chi connectivity index (χ3n) is 6.34. The van der Waals surface area contributed by atoms with Crippen LogP contribution >= 0.6 is 11.6 Å². The van der Waals surface area contributed by atoms with Crippen molar-refractivity contribution in [1.82, 2.24) is 21.1 Å². The zero-order valence-corrected chi connectivity index (χ0v) is 16.8. The number of carbonyl (C=O) groups excluding carboxylic acids is 1. The summed E-state index contributed by atoms with van der Waals surface area (Å²) in [4.78, 5) is 17.6. The van der Waals surface area contributed by atoms with Crippen LogP contribution in [0.15, 0.2) is 18.2 Å². The first-order valence-electron chi connectivity index (χ1n) is 10.1. The van der Waals surface area contributed by atoms with Gasteiger partial charge in [0.25, 0.3) is 0 Å². The number of nitrogens with zero attached hydrogens (tertiary/aromatic N) is 2. The predicted molar refractivity (Wildman–Crippen MR) is 109 cm³/mol. The first-order valence-corrected chi connectivity index (χ1v) is 10.5. The number of amides is 1. The zero-order valence-electron chi connectivity index (χ0n) is 16.0. The van der Waals surface area contributed by atoms with Crippen molar-refractivity contribution >= 4 is 23.2 Å². The third kappa shape index (κ3) is 4.09. The molecule has 3 aliphatic heterocycles. The van der Waals surface area contributed by atoms with Gasteiger partial charge in [-0.2, -0.15) is 0 Å². The summed E-state index contributed by atoms with van der Waals surface area (Å²) in [6, 6.07) is 6.29. The van der Waals surface area contributed by atoms with Crippen LogP contribution in [0.4, 0.5) is 5.69 Å². The number of hydrogen-bond donors (Lipinski definition) is 3. The SMILES string of the molecule is Cc1ccc(Cl)cc1N1CCN(C(=O)C2CNNC2C2CCNCC2)CC1. The number of rotatable bonds is 3. The number of carbonyl (C=O) groups is 1. The van der Waals surface area contributed by atoms with Gasteiger partial charge in [0.05, 0.1) is 5.92 Å². The van der Waals surface area contributed by atoms with E-state index in [-0.39, 0.29) is 12.0 Å². The second-order valence-electron chi connectivity index (χ2n) is 7.99. The molecule has 6 nitrogen and oxygen atoms in total. The number of hydrogen-bond acceptors (Lipinski definition) is 5. The largest absolute Gasteiger partial charge is 0.368 e. The summed E-state index contributed by atoms with van der Waals surface area (Å²) >= 11 is 6.18. The quantitative estimate of drug-likeness (QED) is 0.727. The van der Waals surface area contributed by atoms with Crippen molar-refractivity contribution in [3.05, 3.63) is 28.8 Å². The fourth-order valence-electron chi connectivity index (χ4n) is 4.73. The van der Waals surface area contributed by atoms with Gasteiger partial charge in [-0.3, -0.25) is 15.6 Å². The molecule has 7 heteroatoms. The number of piperazine rings is 1. The maximum Gasteiger partial charge on any atom is 0.228 e. The second-order valence-corrected chi connectivity index (χ2v) is 8.42. The Balaban J connectivity index is 1.37. The Kier molecular flexibility index (Phi) is 5.88. The van der Waals surface area contributed by atoms with E-state index in [9.17, 15) is 4.79 Å². The van der Waals surface area contributed by atoms with Gasteiger partial charge < -0.3 is 15.1 Å². The molecule has 0 aromatic heterocycles. The van der Waals surface area contributed by atoms with Gasteiger partial charge in [-0.05, 0) is 56.5 Å². The van der Waals surface area contributed by atoms with E-state index in [4.69, 9.17) is 11.6 Å². The van der Waals surface area contributed by atoms with Crippen LogP contribution in [0.25, 0.3) is 0 Å². The summed E-state index contributed by atoms with van der Waals surface area (Å²) in [7, 11) is 0. The standard InChI is InChI=1S/C20H30ClN5O/c1-14-2-3-16(21)12-18(14)25-8-10-26(11-9-25)20(27)17-13-23-24-19(17)15-4-6-22-7-5-15/h2-3,12,15,17,19,22-24H,4-11,13H2,1H3. The summed E-state index contributed by atoms with van der Waals surface area (Å²) in [5.41, 5.74) is 9.06. The number of anilines is 1. The molecule has 2 atom stereocenters. The van der Waals surface area contributed by atoms with E-state index in [2.05, 4.69) is 39.0 Å². The molecular weight excluding hydrogens is 362 g/mol. The number of halogens is 1. The van der Waals surface area contributed by atoms with Gasteiger partial charge in [-0.1, -0.05) is 17.7 Å². The number of piperidine rings is 1. The molecule has 3 heterocycles. The fraction of sp³-hybridized carbons (Fsp3) is 0.650. The number of nitrogens with one attached hydrogen (secondary N) is 3. The van der Waals surface area contributed by atoms with Crippen LogP contribution in [0, 0.1) is 18.8 Å². The lowest BCUT2D eigenvalue weighted by Crippen LogP contribution is -2.53. The average Bonchev–Trinajstić information content (AvgIpc) is 3.20. The van der Waals surface area contributed by atoms with Crippen molar-refractivity contribution < 1.29 is 4.79 Å². The van der Waals surface area contributed by atoms with E-state index in [0.29, 0.717) is 11.8 Å². The van der Waals surface area contributed by atoms with Gasteiger partial charge >= 0.3 is 0 Å². The lowest BCUT2D eigenvalue weighted by atomic mass is 9.83. The van der Waals surface area contributed by atoms with Gasteiger partial charge in [-0.25, -0.2) is 0 Å². The van der Waals surface area contributed by atoms with Crippen LogP contribution in [-0.4, -0.2) is 62.7 Å². The Hall–Kier alpha value is -1.34. The topological polar surface area (TPSA) is 59.6 Å². The highest BCUT2D eigenvalue weighted by molar-refractivity contribution is 6.30. The molecule has 0 saturated carbocycles. The highest BCUT2D eigenvalue weighted by atomic mass is 35.5. The predicted octanol–water partition coefficient (Wildman–Crippen LogP) is 1.39. The minimum atomic E-state index is 0.0487. The molecule has 3 saturated heterocycles. The fourth-order valence-corrected chi connectivity index (χ4v) is 4.90. The van der Waals surface area contributed by atoms with Crippen LogP contribution in [0.3, 0.4) is 0 Å². The van der Waals surface area contributed by atoms with Gasteiger partial charge in [0.2, 0.25) is 5.91 Å². The van der Waals surface area contributed by atoms with Gasteiger partial charge in [0, 0.05) is 49.5 Å². The molecule has 0 radical (unpaired) electrons. The van der Waals surface area contributed by atoms with Gasteiger partial charge in [0.1, 0.15) is 0 Å². The Morgan fingerprint density at radius 2 is 1.89 bits per heavy atom. The van der Waals surface area contributed by atoms with Crippen LogP contribution in [0.5, 0.6) is 0 Å². The molecule has 1 amide bonds. The van der Waals surface area contributed by atoms with Crippen LogP contribution in [0.1, 0.15) is 18.4 Å². The van der Waals surface area contributed by atoms with Gasteiger partial charge in [0.15, 0.2) is 0 Å². The summed E-state index contributed by atoms with van der Waals surface area (Å²) in [6.45, 7) is 8.24. The van der Waals surface area contributed by atoms with Crippen molar-refractivity contribution in [3.63, 3.8) is 0 Å². The lowest BCUT2D eigenvalue weighted by Gasteiger charge is -2.39. The minimum absolute atomic E-state index is 0.0487. The maximum atomic E-state index is 13.2. The first-order chi connectivity index (χ1) is 13.1. The van der Waals surface area contributed by atoms with Crippen LogP contribution < -0.4 is 21.1 Å². The van der Waals surface area contributed by atoms with Crippen LogP contribution in [0.2, 0.25) is 5.02 Å². The first kappa shape index (κ1) is 19.0. The Morgan fingerprint density at radius 1 is 1.15 bits per heavy atom. The van der Waals surface area contributed by atoms with E-state index in [1.54, 1.807) is 0 Å². The molecule has 27 heavy (non-hydrogen) atoms. The lowest BCUT2D eigenvalue weighted by molar-refractivity contribution is -0.136. The maximum absolute atomic E-state index is 13.2. The van der Waals surface area contributed by atoms with E-state index in [1.807, 2.05) is 12.1 Å². The third-order valence-corrected chi connectivity index (χ3v) is 6.57. The zero-order chi connectivity index (χ0) is 18.8. The van der Waals surface area contributed by atoms with Crippen LogP contribution in [-0.2, 0) is 4.79 Å². The minimum Gasteiger partial charge on any atom is -0.368 e. The molecule has 0 bridgehead atoms. The van der Waals surface area contributed by atoms with E-state index < -0.39 is 0 Å². The number of aryl methyl sites for hydroxylation is 1. The smallest absolute Gasteiger partial charge is 0.228 e. The molecule has 4 rings (SSSR count). The molecular formula is C20H30ClN5O.